The summed E-state index contributed by atoms with van der Waals surface area (Å²) >= 11 is 6.86. The first-order valence-electron chi connectivity index (χ1n) is 7.56. The Labute approximate surface area is 157 Å². The first-order chi connectivity index (χ1) is 11.7. The lowest BCUT2D eigenvalue weighted by atomic mass is 10.1. The fourth-order valence-electron chi connectivity index (χ4n) is 2.45. The number of carbonyl (C=O) groups excluding carboxylic acids is 1. The minimum Gasteiger partial charge on any atom is -0.316 e. The monoisotopic (exact) mass is 420 g/mol. The van der Waals surface area contributed by atoms with Crippen LogP contribution in [-0.4, -0.2) is 22.5 Å². The summed E-state index contributed by atoms with van der Waals surface area (Å²) in [6.45, 7) is 0.847. The standard InChI is InChI=1S/C18H17BrN2OS2/c1-23-10-9-21-15-8-7-14(19)12-16(15)24-18(21)20-17(22)11-13-5-3-2-4-6-13/h2-8,12H,9-11H2,1H3. The van der Waals surface area contributed by atoms with E-state index in [-0.39, 0.29) is 5.91 Å². The van der Waals surface area contributed by atoms with Crippen LogP contribution in [0.4, 0.5) is 0 Å². The predicted octanol–water partition coefficient (Wildman–Crippen LogP) is 4.50. The van der Waals surface area contributed by atoms with Gasteiger partial charge in [-0.05, 0) is 30.0 Å². The highest BCUT2D eigenvalue weighted by Gasteiger charge is 2.09. The van der Waals surface area contributed by atoms with E-state index in [9.17, 15) is 4.79 Å². The fraction of sp³-hybridized carbons (Fsp3) is 0.222. The van der Waals surface area contributed by atoms with Crippen molar-refractivity contribution in [2.75, 3.05) is 12.0 Å². The minimum atomic E-state index is -0.107. The first-order valence-corrected chi connectivity index (χ1v) is 10.6. The highest BCUT2D eigenvalue weighted by molar-refractivity contribution is 9.10. The van der Waals surface area contributed by atoms with Crippen molar-refractivity contribution in [2.45, 2.75) is 13.0 Å². The van der Waals surface area contributed by atoms with Crippen molar-refractivity contribution >= 4 is 55.2 Å². The zero-order chi connectivity index (χ0) is 16.9. The number of benzene rings is 2. The number of rotatable bonds is 5. The molecule has 3 rings (SSSR count). The third kappa shape index (κ3) is 4.18. The molecular weight excluding hydrogens is 404 g/mol. The van der Waals surface area contributed by atoms with Gasteiger partial charge in [0.2, 0.25) is 0 Å². The average molecular weight is 421 g/mol. The van der Waals surface area contributed by atoms with Crippen molar-refractivity contribution in [2.24, 2.45) is 4.99 Å². The Hall–Kier alpha value is -1.37. The van der Waals surface area contributed by atoms with Crippen LogP contribution in [0.2, 0.25) is 0 Å². The van der Waals surface area contributed by atoms with E-state index in [1.54, 1.807) is 23.1 Å². The summed E-state index contributed by atoms with van der Waals surface area (Å²) in [7, 11) is 0. The van der Waals surface area contributed by atoms with Crippen molar-refractivity contribution < 1.29 is 4.79 Å². The van der Waals surface area contributed by atoms with Crippen LogP contribution in [0.15, 0.2) is 58.0 Å². The molecule has 0 fully saturated rings. The topological polar surface area (TPSA) is 34.4 Å². The molecule has 0 N–H and O–H groups in total. The second-order valence-electron chi connectivity index (χ2n) is 5.31. The molecule has 124 valence electrons. The molecule has 2 aromatic carbocycles. The molecule has 1 amide bonds. The maximum Gasteiger partial charge on any atom is 0.252 e. The molecule has 0 saturated heterocycles. The normalized spacial score (nSPS) is 12.0. The highest BCUT2D eigenvalue weighted by Crippen LogP contribution is 2.22. The molecule has 0 aliphatic heterocycles. The second-order valence-corrected chi connectivity index (χ2v) is 8.22. The van der Waals surface area contributed by atoms with Gasteiger partial charge in [0.05, 0.1) is 16.6 Å². The van der Waals surface area contributed by atoms with Crippen molar-refractivity contribution in [1.82, 2.24) is 4.57 Å². The number of hydrogen-bond acceptors (Lipinski definition) is 3. The van der Waals surface area contributed by atoms with Gasteiger partial charge < -0.3 is 4.57 Å². The van der Waals surface area contributed by atoms with E-state index < -0.39 is 0 Å². The van der Waals surface area contributed by atoms with Gasteiger partial charge in [0.15, 0.2) is 4.80 Å². The summed E-state index contributed by atoms with van der Waals surface area (Å²) in [6.07, 6.45) is 2.42. The van der Waals surface area contributed by atoms with Crippen LogP contribution in [0.5, 0.6) is 0 Å². The molecule has 3 aromatic rings. The smallest absolute Gasteiger partial charge is 0.252 e. The quantitative estimate of drug-likeness (QED) is 0.608. The van der Waals surface area contributed by atoms with Crippen LogP contribution in [0.3, 0.4) is 0 Å². The molecular formula is C18H17BrN2OS2. The first kappa shape index (κ1) is 17.5. The number of fused-ring (bicyclic) bond motifs is 1. The average Bonchev–Trinajstić information content (AvgIpc) is 2.89. The summed E-state index contributed by atoms with van der Waals surface area (Å²) in [5.74, 6) is 0.881. The summed E-state index contributed by atoms with van der Waals surface area (Å²) in [5, 5.41) is 0. The summed E-state index contributed by atoms with van der Waals surface area (Å²) < 4.78 is 4.32. The third-order valence-electron chi connectivity index (χ3n) is 3.58. The molecule has 0 bridgehead atoms. The maximum absolute atomic E-state index is 12.4. The molecule has 0 atom stereocenters. The largest absolute Gasteiger partial charge is 0.316 e. The Morgan fingerprint density at radius 3 is 2.79 bits per heavy atom. The number of hydrogen-bond donors (Lipinski definition) is 0. The molecule has 0 aliphatic rings. The van der Waals surface area contributed by atoms with E-state index in [1.807, 2.05) is 36.4 Å². The Morgan fingerprint density at radius 2 is 2.04 bits per heavy atom. The lowest BCUT2D eigenvalue weighted by Gasteiger charge is -2.03. The number of nitrogens with zero attached hydrogens (tertiary/aromatic N) is 2. The second kappa shape index (κ2) is 8.14. The van der Waals surface area contributed by atoms with Gasteiger partial charge in [-0.1, -0.05) is 57.6 Å². The Bertz CT molecular complexity index is 916. The number of thiazole rings is 1. The van der Waals surface area contributed by atoms with Gasteiger partial charge in [-0.3, -0.25) is 4.79 Å². The lowest BCUT2D eigenvalue weighted by molar-refractivity contribution is -0.117. The molecule has 0 spiro atoms. The van der Waals surface area contributed by atoms with Crippen LogP contribution in [0.1, 0.15) is 5.56 Å². The van der Waals surface area contributed by atoms with Gasteiger partial charge in [0.25, 0.3) is 5.91 Å². The molecule has 1 aromatic heterocycles. The van der Waals surface area contributed by atoms with Gasteiger partial charge in [-0.15, -0.1) is 0 Å². The summed E-state index contributed by atoms with van der Waals surface area (Å²) in [6, 6.07) is 15.9. The molecule has 3 nitrogen and oxygen atoms in total. The zero-order valence-electron chi connectivity index (χ0n) is 13.2. The third-order valence-corrected chi connectivity index (χ3v) is 5.71. The Kier molecular flexibility index (Phi) is 5.92. The van der Waals surface area contributed by atoms with Gasteiger partial charge in [-0.25, -0.2) is 0 Å². The molecule has 0 unspecified atom stereocenters. The molecule has 0 radical (unpaired) electrons. The van der Waals surface area contributed by atoms with Crippen LogP contribution in [0.25, 0.3) is 10.2 Å². The summed E-state index contributed by atoms with van der Waals surface area (Å²) in [5.41, 5.74) is 2.12. The number of halogens is 1. The predicted molar refractivity (Wildman–Crippen MR) is 107 cm³/mol. The Morgan fingerprint density at radius 1 is 1.25 bits per heavy atom. The SMILES string of the molecule is CSCCn1c(=NC(=O)Cc2ccccc2)sc2cc(Br)ccc21. The van der Waals surface area contributed by atoms with E-state index >= 15 is 0 Å². The van der Waals surface area contributed by atoms with Gasteiger partial charge >= 0.3 is 0 Å². The fourth-order valence-corrected chi connectivity index (χ4v) is 4.44. The number of carbonyl (C=O) groups is 1. The van der Waals surface area contributed by atoms with Crippen molar-refractivity contribution in [1.29, 1.82) is 0 Å². The molecule has 1 heterocycles. The lowest BCUT2D eigenvalue weighted by Crippen LogP contribution is -2.18. The van der Waals surface area contributed by atoms with E-state index in [2.05, 4.69) is 43.9 Å². The van der Waals surface area contributed by atoms with Crippen LogP contribution < -0.4 is 4.80 Å². The van der Waals surface area contributed by atoms with Crippen molar-refractivity contribution in [3.05, 3.63) is 63.4 Å². The van der Waals surface area contributed by atoms with Gasteiger partial charge in [0.1, 0.15) is 0 Å². The molecule has 6 heteroatoms. The van der Waals surface area contributed by atoms with Crippen LogP contribution >= 0.6 is 39.0 Å². The number of amides is 1. The number of aromatic nitrogens is 1. The molecule has 0 aliphatic carbocycles. The van der Waals surface area contributed by atoms with Crippen LogP contribution in [0, 0.1) is 0 Å². The Balaban J connectivity index is 1.98. The molecule has 0 saturated carbocycles. The van der Waals surface area contributed by atoms with Crippen molar-refractivity contribution in [3.8, 4) is 0 Å². The van der Waals surface area contributed by atoms with E-state index in [4.69, 9.17) is 0 Å². The number of aryl methyl sites for hydroxylation is 1. The zero-order valence-corrected chi connectivity index (χ0v) is 16.5. The summed E-state index contributed by atoms with van der Waals surface area (Å²) in [4.78, 5) is 17.5. The highest BCUT2D eigenvalue weighted by atomic mass is 79.9. The van der Waals surface area contributed by atoms with Crippen LogP contribution in [-0.2, 0) is 17.8 Å². The van der Waals surface area contributed by atoms with Gasteiger partial charge in [0, 0.05) is 16.8 Å². The van der Waals surface area contributed by atoms with Gasteiger partial charge in [-0.2, -0.15) is 16.8 Å². The maximum atomic E-state index is 12.4. The number of thioether (sulfide) groups is 1. The minimum absolute atomic E-state index is 0.107. The van der Waals surface area contributed by atoms with Crippen molar-refractivity contribution in [3.63, 3.8) is 0 Å². The van der Waals surface area contributed by atoms with E-state index in [0.717, 1.165) is 37.4 Å². The molecule has 24 heavy (non-hydrogen) atoms. The van der Waals surface area contributed by atoms with E-state index in [0.29, 0.717) is 6.42 Å². The van der Waals surface area contributed by atoms with E-state index in [1.165, 1.54) is 0 Å².